The van der Waals surface area contributed by atoms with Crippen LogP contribution in [-0.4, -0.2) is 34.3 Å². The first-order chi connectivity index (χ1) is 11.1. The number of amides is 1. The molecule has 0 N–H and O–H groups in total. The summed E-state index contributed by atoms with van der Waals surface area (Å²) >= 11 is 0. The zero-order chi connectivity index (χ0) is 16.3. The van der Waals surface area contributed by atoms with Crippen LogP contribution < -0.4 is 0 Å². The molecule has 1 aliphatic carbocycles. The van der Waals surface area contributed by atoms with Crippen molar-refractivity contribution in [3.05, 3.63) is 30.1 Å². The number of aryl methyl sites for hydroxylation is 1. The molecular weight excluding hydrogens is 298 g/mol. The summed E-state index contributed by atoms with van der Waals surface area (Å²) in [5.74, 6) is -2.66. The number of carbonyl (C=O) groups is 1. The van der Waals surface area contributed by atoms with Crippen molar-refractivity contribution in [2.24, 2.45) is 5.92 Å². The highest BCUT2D eigenvalue weighted by molar-refractivity contribution is 5.79. The number of nitrogens with zero attached hydrogens (tertiary/aromatic N) is 2. The van der Waals surface area contributed by atoms with E-state index in [1.165, 1.54) is 5.56 Å². The first kappa shape index (κ1) is 16.3. The Balaban J connectivity index is 1.55. The summed E-state index contributed by atoms with van der Waals surface area (Å²) in [6, 6.07) is 4.27. The van der Waals surface area contributed by atoms with Crippen molar-refractivity contribution in [2.45, 2.75) is 63.3 Å². The van der Waals surface area contributed by atoms with Crippen molar-refractivity contribution in [3.8, 4) is 0 Å². The van der Waals surface area contributed by atoms with Gasteiger partial charge in [-0.2, -0.15) is 0 Å². The fraction of sp³-hybridized carbons (Fsp3) is 0.667. The maximum Gasteiger partial charge on any atom is 0.248 e. The first-order valence-corrected chi connectivity index (χ1v) is 8.62. The lowest BCUT2D eigenvalue weighted by Crippen LogP contribution is -2.42. The number of carbonyl (C=O) groups excluding carboxylic acids is 1. The van der Waals surface area contributed by atoms with Crippen molar-refractivity contribution in [2.75, 3.05) is 6.54 Å². The molecule has 5 heteroatoms. The molecule has 126 valence electrons. The normalized spacial score (nSPS) is 24.8. The summed E-state index contributed by atoms with van der Waals surface area (Å²) < 4.78 is 26.5. The highest BCUT2D eigenvalue weighted by Gasteiger charge is 2.40. The van der Waals surface area contributed by atoms with Crippen molar-refractivity contribution in [1.82, 2.24) is 9.88 Å². The maximum atomic E-state index is 13.3. The van der Waals surface area contributed by atoms with E-state index in [2.05, 4.69) is 4.98 Å². The Labute approximate surface area is 136 Å². The fourth-order valence-electron chi connectivity index (χ4n) is 3.83. The van der Waals surface area contributed by atoms with Gasteiger partial charge < -0.3 is 4.90 Å². The van der Waals surface area contributed by atoms with Gasteiger partial charge in [-0.3, -0.25) is 9.78 Å². The van der Waals surface area contributed by atoms with E-state index in [0.29, 0.717) is 12.8 Å². The molecule has 23 heavy (non-hydrogen) atoms. The number of pyridine rings is 1. The van der Waals surface area contributed by atoms with Gasteiger partial charge in [0.25, 0.3) is 0 Å². The highest BCUT2D eigenvalue weighted by Crippen LogP contribution is 2.38. The number of aromatic nitrogens is 1. The van der Waals surface area contributed by atoms with Crippen LogP contribution in [0.5, 0.6) is 0 Å². The topological polar surface area (TPSA) is 33.2 Å². The number of rotatable bonds is 4. The van der Waals surface area contributed by atoms with E-state index in [-0.39, 0.29) is 30.7 Å². The molecule has 0 aromatic carbocycles. The largest absolute Gasteiger partial charge is 0.339 e. The van der Waals surface area contributed by atoms with Crippen molar-refractivity contribution < 1.29 is 13.6 Å². The van der Waals surface area contributed by atoms with Gasteiger partial charge in [0.05, 0.1) is 0 Å². The zero-order valence-electron chi connectivity index (χ0n) is 13.4. The monoisotopic (exact) mass is 322 g/mol. The lowest BCUT2D eigenvalue weighted by atomic mass is 9.85. The quantitative estimate of drug-likeness (QED) is 0.844. The molecule has 1 saturated carbocycles. The minimum Gasteiger partial charge on any atom is -0.339 e. The van der Waals surface area contributed by atoms with Crippen LogP contribution >= 0.6 is 0 Å². The molecule has 1 aliphatic heterocycles. The van der Waals surface area contributed by atoms with E-state index in [1.54, 1.807) is 12.4 Å². The molecule has 1 aromatic rings. The third kappa shape index (κ3) is 4.06. The van der Waals surface area contributed by atoms with Crippen LogP contribution in [0.15, 0.2) is 24.5 Å². The summed E-state index contributed by atoms with van der Waals surface area (Å²) in [6.07, 6.45) is 7.88. The van der Waals surface area contributed by atoms with Gasteiger partial charge in [0.2, 0.25) is 11.8 Å². The minimum atomic E-state index is -2.57. The standard InChI is InChI=1S/C18H24F2N2O/c19-18(20)9-5-15(6-10-18)17(23)22-13-1-2-16(22)4-3-14-7-11-21-12-8-14/h7-8,11-12,15-16H,1-6,9-10,13H2. The van der Waals surface area contributed by atoms with Gasteiger partial charge in [-0.15, -0.1) is 0 Å². The number of halogens is 2. The van der Waals surface area contributed by atoms with E-state index >= 15 is 0 Å². The summed E-state index contributed by atoms with van der Waals surface area (Å²) in [5.41, 5.74) is 1.23. The van der Waals surface area contributed by atoms with E-state index in [4.69, 9.17) is 0 Å². The van der Waals surface area contributed by atoms with Crippen LogP contribution in [0.2, 0.25) is 0 Å². The predicted molar refractivity (Wildman–Crippen MR) is 84.2 cm³/mol. The molecule has 3 nitrogen and oxygen atoms in total. The van der Waals surface area contributed by atoms with E-state index in [9.17, 15) is 13.6 Å². The first-order valence-electron chi connectivity index (χ1n) is 8.62. The molecular formula is C18H24F2N2O. The second kappa shape index (κ2) is 6.93. The Morgan fingerprint density at radius 1 is 1.22 bits per heavy atom. The third-order valence-electron chi connectivity index (χ3n) is 5.24. The van der Waals surface area contributed by atoms with Crippen molar-refractivity contribution in [1.29, 1.82) is 0 Å². The Morgan fingerprint density at radius 2 is 1.91 bits per heavy atom. The smallest absolute Gasteiger partial charge is 0.248 e. The average Bonchev–Trinajstić information content (AvgIpc) is 3.02. The lowest BCUT2D eigenvalue weighted by Gasteiger charge is -2.33. The van der Waals surface area contributed by atoms with Crippen LogP contribution in [0.25, 0.3) is 0 Å². The number of alkyl halides is 2. The predicted octanol–water partition coefficient (Wildman–Crippen LogP) is 3.83. The van der Waals surface area contributed by atoms with Crippen LogP contribution in [0, 0.1) is 5.92 Å². The van der Waals surface area contributed by atoms with Gasteiger partial charge in [0.1, 0.15) is 0 Å². The van der Waals surface area contributed by atoms with Crippen LogP contribution in [0.1, 0.15) is 50.5 Å². The molecule has 0 spiro atoms. The summed E-state index contributed by atoms with van der Waals surface area (Å²) in [4.78, 5) is 18.7. The maximum absolute atomic E-state index is 13.3. The lowest BCUT2D eigenvalue weighted by molar-refractivity contribution is -0.140. The Hall–Kier alpha value is -1.52. The Kier molecular flexibility index (Phi) is 4.93. The molecule has 0 bridgehead atoms. The van der Waals surface area contributed by atoms with Gasteiger partial charge in [-0.1, -0.05) is 0 Å². The Morgan fingerprint density at radius 3 is 2.61 bits per heavy atom. The van der Waals surface area contributed by atoms with Gasteiger partial charge in [0.15, 0.2) is 0 Å². The highest BCUT2D eigenvalue weighted by atomic mass is 19.3. The second-order valence-electron chi connectivity index (χ2n) is 6.85. The molecule has 1 saturated heterocycles. The Bertz CT molecular complexity index is 525. The molecule has 2 heterocycles. The molecule has 1 atom stereocenters. The average molecular weight is 322 g/mol. The zero-order valence-corrected chi connectivity index (χ0v) is 13.4. The summed E-state index contributed by atoms with van der Waals surface area (Å²) in [5, 5.41) is 0. The number of likely N-dealkylation sites (tertiary alicyclic amines) is 1. The van der Waals surface area contributed by atoms with Crippen LogP contribution in [-0.2, 0) is 11.2 Å². The number of hydrogen-bond acceptors (Lipinski definition) is 2. The minimum absolute atomic E-state index is 0.109. The second-order valence-corrected chi connectivity index (χ2v) is 6.85. The molecule has 1 aromatic heterocycles. The molecule has 1 amide bonds. The van der Waals surface area contributed by atoms with Crippen molar-refractivity contribution >= 4 is 5.91 Å². The third-order valence-corrected chi connectivity index (χ3v) is 5.24. The molecule has 1 unspecified atom stereocenters. The SMILES string of the molecule is O=C(C1CCC(F)(F)CC1)N1CCCC1CCc1ccncc1. The number of hydrogen-bond donors (Lipinski definition) is 0. The van der Waals surface area contributed by atoms with Crippen molar-refractivity contribution in [3.63, 3.8) is 0 Å². The van der Waals surface area contributed by atoms with E-state index in [0.717, 1.165) is 32.2 Å². The molecule has 0 radical (unpaired) electrons. The molecule has 2 aliphatic rings. The molecule has 3 rings (SSSR count). The fourth-order valence-corrected chi connectivity index (χ4v) is 3.83. The summed E-state index contributed by atoms with van der Waals surface area (Å²) in [6.45, 7) is 0.784. The molecule has 2 fully saturated rings. The summed E-state index contributed by atoms with van der Waals surface area (Å²) in [7, 11) is 0. The van der Waals surface area contributed by atoms with Crippen LogP contribution in [0.3, 0.4) is 0 Å². The van der Waals surface area contributed by atoms with Crippen LogP contribution in [0.4, 0.5) is 8.78 Å². The van der Waals surface area contributed by atoms with E-state index in [1.807, 2.05) is 17.0 Å². The van der Waals surface area contributed by atoms with E-state index < -0.39 is 5.92 Å². The van der Waals surface area contributed by atoms with Gasteiger partial charge in [-0.25, -0.2) is 8.78 Å². The van der Waals surface area contributed by atoms with Gasteiger partial charge >= 0.3 is 0 Å². The van der Waals surface area contributed by atoms with Gasteiger partial charge in [0, 0.05) is 43.7 Å². The van der Waals surface area contributed by atoms with Gasteiger partial charge in [-0.05, 0) is 56.2 Å².